The number of fused-ring (bicyclic) bond motifs is 1. The predicted octanol–water partition coefficient (Wildman–Crippen LogP) is 4.19. The maximum absolute atomic E-state index is 10.1. The first kappa shape index (κ1) is 16.3. The van der Waals surface area contributed by atoms with E-state index in [1.807, 2.05) is 0 Å². The molecule has 0 aliphatic heterocycles. The number of aliphatic hydroxyl groups excluding tert-OH is 1. The Labute approximate surface area is 135 Å². The van der Waals surface area contributed by atoms with Crippen molar-refractivity contribution in [3.8, 4) is 0 Å². The third-order valence-corrected chi connectivity index (χ3v) is 3.84. The second-order valence-electron chi connectivity index (χ2n) is 4.91. The van der Waals surface area contributed by atoms with Crippen LogP contribution in [0.25, 0.3) is 0 Å². The summed E-state index contributed by atoms with van der Waals surface area (Å²) in [5.41, 5.74) is 0. The molecular weight excluding hydrogens is 358 g/mol. The van der Waals surface area contributed by atoms with Crippen LogP contribution in [0.1, 0.15) is 25.7 Å². The molecule has 2 atom stereocenters. The van der Waals surface area contributed by atoms with Gasteiger partial charge in [0.15, 0.2) is 0 Å². The van der Waals surface area contributed by atoms with E-state index in [0.29, 0.717) is 5.92 Å². The Hall–Kier alpha value is 0.903. The maximum atomic E-state index is 10.1. The van der Waals surface area contributed by atoms with E-state index in [1.165, 1.54) is 30.6 Å². The van der Waals surface area contributed by atoms with Gasteiger partial charge in [-0.2, -0.15) is 0 Å². The Bertz CT molecular complexity index is 332. The molecule has 0 aromatic heterocycles. The average Bonchev–Trinajstić information content (AvgIpc) is 2.84. The van der Waals surface area contributed by atoms with Gasteiger partial charge in [-0.3, -0.25) is 0 Å². The minimum atomic E-state index is -0.826. The molecule has 0 spiro atoms. The van der Waals surface area contributed by atoms with Gasteiger partial charge in [-0.15, -0.1) is 0 Å². The van der Waals surface area contributed by atoms with Crippen molar-refractivity contribution in [3.05, 3.63) is 54.9 Å². The fourth-order valence-electron chi connectivity index (χ4n) is 2.97. The van der Waals surface area contributed by atoms with Crippen LogP contribution in [0, 0.1) is 36.5 Å². The number of hydrogen-bond acceptors (Lipinski definition) is 1. The molecule has 19 heavy (non-hydrogen) atoms. The van der Waals surface area contributed by atoms with E-state index in [-0.39, 0.29) is 6.10 Å². The van der Waals surface area contributed by atoms with Crippen LogP contribution in [0.2, 0.25) is 0 Å². The van der Waals surface area contributed by atoms with Crippen molar-refractivity contribution in [2.75, 3.05) is 0 Å². The van der Waals surface area contributed by atoms with Crippen LogP contribution >= 0.6 is 17.0 Å². The molecule has 2 unspecified atom stereocenters. The Morgan fingerprint density at radius 1 is 1.05 bits per heavy atom. The van der Waals surface area contributed by atoms with Crippen molar-refractivity contribution in [2.24, 2.45) is 5.92 Å². The number of hydrogen-bond donors (Lipinski definition) is 1. The third kappa shape index (κ3) is 4.19. The minimum absolute atomic E-state index is 0.139. The van der Waals surface area contributed by atoms with Crippen LogP contribution in [0.5, 0.6) is 0 Å². The quantitative estimate of drug-likeness (QED) is 0.729. The van der Waals surface area contributed by atoms with E-state index in [0.717, 1.165) is 12.8 Å². The molecule has 0 amide bonds. The summed E-state index contributed by atoms with van der Waals surface area (Å²) in [6, 6.07) is 0. The van der Waals surface area contributed by atoms with E-state index in [4.69, 9.17) is 17.0 Å². The van der Waals surface area contributed by atoms with Crippen LogP contribution in [-0.4, -0.2) is 11.2 Å². The van der Waals surface area contributed by atoms with E-state index >= 15 is 0 Å². The van der Waals surface area contributed by atoms with Crippen molar-refractivity contribution >= 4 is 17.0 Å². The summed E-state index contributed by atoms with van der Waals surface area (Å²) in [7, 11) is 9.87. The molecule has 0 bridgehead atoms. The summed E-state index contributed by atoms with van der Waals surface area (Å²) in [6.45, 7) is 0. The molecule has 0 heterocycles. The molecule has 1 N–H and O–H groups in total. The molecule has 0 saturated heterocycles. The Morgan fingerprint density at radius 3 is 2.47 bits per heavy atom. The zero-order valence-corrected chi connectivity index (χ0v) is 14.6. The number of halogens is 2. The summed E-state index contributed by atoms with van der Waals surface area (Å²) in [4.78, 5) is 0. The monoisotopic (exact) mass is 373 g/mol. The van der Waals surface area contributed by atoms with Crippen LogP contribution in [0.4, 0.5) is 0 Å². The molecule has 1 nitrogen and oxygen atoms in total. The Balaban J connectivity index is 0.000000408. The fraction of sp³-hybridized carbons (Fsp3) is 0.400. The average molecular weight is 375 g/mol. The van der Waals surface area contributed by atoms with E-state index in [1.54, 1.807) is 0 Å². The second-order valence-corrected chi connectivity index (χ2v) is 8.64. The van der Waals surface area contributed by atoms with Gasteiger partial charge >= 0.3 is 37.9 Å². The zero-order valence-electron chi connectivity index (χ0n) is 10.7. The number of aliphatic hydroxyl groups is 1. The van der Waals surface area contributed by atoms with Gasteiger partial charge in [0, 0.05) is 11.8 Å². The first-order valence-corrected chi connectivity index (χ1v) is 12.9. The molecule has 0 aromatic carbocycles. The molecule has 3 aliphatic carbocycles. The van der Waals surface area contributed by atoms with Crippen molar-refractivity contribution in [1.29, 1.82) is 0 Å². The van der Waals surface area contributed by atoms with Crippen LogP contribution < -0.4 is 0 Å². The molecule has 2 saturated carbocycles. The van der Waals surface area contributed by atoms with Gasteiger partial charge in [-0.05, 0) is 37.5 Å². The molecule has 3 rings (SSSR count). The standard InChI is InChI=1S/C15H17O.2ClH.Zr/c16-15-8-4-3-7-14(15)13-10-9-11-5-1-2-6-12(11)13;;;/h1-2,5-6,9-10,14-16H,3-4,7-8H2;2*1H;/q;;;+2/p-2. The molecule has 2 fully saturated rings. The summed E-state index contributed by atoms with van der Waals surface area (Å²) in [5, 5.41) is 10.1. The number of allylic oxidation sites excluding steroid dienone is 4. The predicted molar refractivity (Wildman–Crippen MR) is 76.3 cm³/mol. The van der Waals surface area contributed by atoms with E-state index < -0.39 is 20.8 Å². The third-order valence-electron chi connectivity index (χ3n) is 3.84. The summed E-state index contributed by atoms with van der Waals surface area (Å²) in [6.07, 6.45) is 17.2. The first-order chi connectivity index (χ1) is 9.27. The SMILES string of the molecule is OC1CCCCC1[C]1[CH][CH][C]2C=CC=C[C]21.[Cl][Zr][Cl]. The molecule has 101 valence electrons. The van der Waals surface area contributed by atoms with Gasteiger partial charge in [0.05, 0.1) is 6.10 Å². The van der Waals surface area contributed by atoms with Crippen LogP contribution in [-0.2, 0) is 20.8 Å². The van der Waals surface area contributed by atoms with Crippen molar-refractivity contribution < 1.29 is 26.0 Å². The van der Waals surface area contributed by atoms with Crippen molar-refractivity contribution in [1.82, 2.24) is 0 Å². The fourth-order valence-corrected chi connectivity index (χ4v) is 2.97. The summed E-state index contributed by atoms with van der Waals surface area (Å²) >= 11 is -0.826. The topological polar surface area (TPSA) is 20.2 Å². The second kappa shape index (κ2) is 8.37. The summed E-state index contributed by atoms with van der Waals surface area (Å²) < 4.78 is 0. The van der Waals surface area contributed by atoms with Gasteiger partial charge in [0.1, 0.15) is 0 Å². The molecular formula is C15H17Cl2OZr. The molecule has 3 aliphatic rings. The van der Waals surface area contributed by atoms with Crippen molar-refractivity contribution in [2.45, 2.75) is 31.8 Å². The van der Waals surface area contributed by atoms with Gasteiger partial charge in [0.2, 0.25) is 0 Å². The van der Waals surface area contributed by atoms with Crippen molar-refractivity contribution in [3.63, 3.8) is 0 Å². The Morgan fingerprint density at radius 2 is 1.74 bits per heavy atom. The van der Waals surface area contributed by atoms with Gasteiger partial charge < -0.3 is 5.11 Å². The zero-order chi connectivity index (χ0) is 13.7. The molecule has 0 aromatic rings. The normalized spacial score (nSPS) is 31.7. The van der Waals surface area contributed by atoms with Gasteiger partial charge in [-0.25, -0.2) is 0 Å². The number of rotatable bonds is 1. The van der Waals surface area contributed by atoms with Gasteiger partial charge in [-0.1, -0.05) is 37.1 Å². The van der Waals surface area contributed by atoms with Gasteiger partial charge in [0.25, 0.3) is 0 Å². The van der Waals surface area contributed by atoms with Crippen LogP contribution in [0.3, 0.4) is 0 Å². The van der Waals surface area contributed by atoms with E-state index in [2.05, 4.69) is 37.1 Å². The molecule has 4 heteroatoms. The summed E-state index contributed by atoms with van der Waals surface area (Å²) in [5.74, 6) is 4.33. The van der Waals surface area contributed by atoms with Crippen LogP contribution in [0.15, 0.2) is 24.3 Å². The van der Waals surface area contributed by atoms with E-state index in [9.17, 15) is 5.11 Å². The molecule has 5 radical (unpaired) electrons. The first-order valence-electron chi connectivity index (χ1n) is 6.56. The Kier molecular flexibility index (Phi) is 7.17.